The first-order valence-corrected chi connectivity index (χ1v) is 13.3. The van der Waals surface area contributed by atoms with Crippen LogP contribution < -0.4 is 10.6 Å². The Bertz CT molecular complexity index is 1330. The van der Waals surface area contributed by atoms with Crippen LogP contribution in [-0.4, -0.2) is 70.6 Å². The quantitative estimate of drug-likeness (QED) is 0.274. The molecule has 0 aromatic heterocycles. The molecule has 0 saturated carbocycles. The molecule has 2 aromatic rings. The van der Waals surface area contributed by atoms with Gasteiger partial charge in [-0.15, -0.1) is 0 Å². The molecule has 0 unspecified atom stereocenters. The number of fused-ring (bicyclic) bond motifs is 1. The molecule has 2 aromatic carbocycles. The van der Waals surface area contributed by atoms with E-state index in [0.29, 0.717) is 12.1 Å². The SMILES string of the molecule is Cc1ccc(C(=O)N2C(=O)CN(CCC(=O)O)C(=O)c3cc(CCCCCCN)ccc32)c(C)c1.O=C(O)C(F)(F)F. The summed E-state index contributed by atoms with van der Waals surface area (Å²) < 4.78 is 31.7. The first kappa shape index (κ1) is 33.9. The molecule has 13 heteroatoms. The third-order valence-electron chi connectivity index (χ3n) is 6.47. The van der Waals surface area contributed by atoms with Crippen LogP contribution in [0.1, 0.15) is 69.5 Å². The highest BCUT2D eigenvalue weighted by molar-refractivity contribution is 6.25. The van der Waals surface area contributed by atoms with Crippen LogP contribution in [0.2, 0.25) is 0 Å². The number of anilines is 1. The van der Waals surface area contributed by atoms with Gasteiger partial charge in [0.25, 0.3) is 17.7 Å². The van der Waals surface area contributed by atoms with Crippen LogP contribution in [0.4, 0.5) is 18.9 Å². The molecule has 0 atom stereocenters. The number of hydrogen-bond acceptors (Lipinski definition) is 6. The van der Waals surface area contributed by atoms with Crippen LogP contribution in [0.25, 0.3) is 0 Å². The van der Waals surface area contributed by atoms with E-state index in [0.717, 1.165) is 53.7 Å². The average molecular weight is 594 g/mol. The number of amides is 3. The van der Waals surface area contributed by atoms with Crippen LogP contribution in [0.15, 0.2) is 36.4 Å². The molecule has 228 valence electrons. The van der Waals surface area contributed by atoms with Gasteiger partial charge in [-0.05, 0) is 69.0 Å². The molecule has 1 aliphatic rings. The lowest BCUT2D eigenvalue weighted by Gasteiger charge is -2.22. The van der Waals surface area contributed by atoms with Crippen molar-refractivity contribution in [3.8, 4) is 0 Å². The number of rotatable bonds is 10. The average Bonchev–Trinajstić information content (AvgIpc) is 3.00. The van der Waals surface area contributed by atoms with Gasteiger partial charge in [-0.1, -0.05) is 36.6 Å². The minimum Gasteiger partial charge on any atom is -0.481 e. The summed E-state index contributed by atoms with van der Waals surface area (Å²) in [4.78, 5) is 62.6. The van der Waals surface area contributed by atoms with Gasteiger partial charge < -0.3 is 20.8 Å². The molecule has 1 aliphatic heterocycles. The van der Waals surface area contributed by atoms with Crippen LogP contribution in [0.3, 0.4) is 0 Å². The molecule has 4 N–H and O–H groups in total. The molecule has 3 amide bonds. The van der Waals surface area contributed by atoms with Gasteiger partial charge in [0.05, 0.1) is 17.7 Å². The summed E-state index contributed by atoms with van der Waals surface area (Å²) in [6, 6.07) is 10.6. The van der Waals surface area contributed by atoms with Crippen LogP contribution >= 0.6 is 0 Å². The number of unbranched alkanes of at least 4 members (excludes halogenated alkanes) is 3. The molecule has 42 heavy (non-hydrogen) atoms. The zero-order valence-electron chi connectivity index (χ0n) is 23.4. The first-order chi connectivity index (χ1) is 19.7. The number of carbonyl (C=O) groups is 5. The summed E-state index contributed by atoms with van der Waals surface area (Å²) in [6.45, 7) is 3.91. The molecule has 0 aliphatic carbocycles. The Labute approximate surface area is 240 Å². The highest BCUT2D eigenvalue weighted by Crippen LogP contribution is 2.30. The largest absolute Gasteiger partial charge is 0.490 e. The molecule has 1 heterocycles. The number of aryl methyl sites for hydroxylation is 3. The fraction of sp³-hybridized carbons (Fsp3) is 0.414. The zero-order valence-corrected chi connectivity index (χ0v) is 23.4. The Morgan fingerprint density at radius 3 is 2.17 bits per heavy atom. The number of nitrogens with two attached hydrogens (primary N) is 1. The Kier molecular flexibility index (Phi) is 12.2. The smallest absolute Gasteiger partial charge is 0.481 e. The molecular formula is C29H34F3N3O7. The van der Waals surface area contributed by atoms with E-state index in [9.17, 15) is 32.3 Å². The highest BCUT2D eigenvalue weighted by Gasteiger charge is 2.38. The maximum absolute atomic E-state index is 13.6. The molecule has 0 radical (unpaired) electrons. The van der Waals surface area contributed by atoms with E-state index in [2.05, 4.69) is 0 Å². The first-order valence-electron chi connectivity index (χ1n) is 13.3. The number of aliphatic carboxylic acids is 2. The van der Waals surface area contributed by atoms with Gasteiger partial charge in [0, 0.05) is 12.1 Å². The van der Waals surface area contributed by atoms with Gasteiger partial charge in [0.2, 0.25) is 0 Å². The fourth-order valence-electron chi connectivity index (χ4n) is 4.35. The second-order valence-corrected chi connectivity index (χ2v) is 9.83. The second kappa shape index (κ2) is 15.1. The maximum Gasteiger partial charge on any atom is 0.490 e. The van der Waals surface area contributed by atoms with Crippen molar-refractivity contribution in [3.63, 3.8) is 0 Å². The third kappa shape index (κ3) is 9.40. The van der Waals surface area contributed by atoms with Crippen LogP contribution in [0.5, 0.6) is 0 Å². The van der Waals surface area contributed by atoms with E-state index in [1.54, 1.807) is 18.2 Å². The van der Waals surface area contributed by atoms with Gasteiger partial charge in [0.1, 0.15) is 6.54 Å². The maximum atomic E-state index is 13.6. The molecule has 3 rings (SSSR count). The van der Waals surface area contributed by atoms with E-state index in [1.807, 2.05) is 32.0 Å². The highest BCUT2D eigenvalue weighted by atomic mass is 19.4. The van der Waals surface area contributed by atoms with E-state index >= 15 is 0 Å². The van der Waals surface area contributed by atoms with Crippen molar-refractivity contribution in [1.82, 2.24) is 4.90 Å². The van der Waals surface area contributed by atoms with Crippen molar-refractivity contribution in [2.45, 2.75) is 58.5 Å². The van der Waals surface area contributed by atoms with E-state index in [1.165, 1.54) is 4.90 Å². The summed E-state index contributed by atoms with van der Waals surface area (Å²) >= 11 is 0. The summed E-state index contributed by atoms with van der Waals surface area (Å²) in [5.41, 5.74) is 9.05. The minimum absolute atomic E-state index is 0.117. The number of imide groups is 1. The van der Waals surface area contributed by atoms with Crippen molar-refractivity contribution in [2.24, 2.45) is 5.73 Å². The van der Waals surface area contributed by atoms with E-state index < -0.39 is 35.8 Å². The van der Waals surface area contributed by atoms with Gasteiger partial charge >= 0.3 is 18.1 Å². The number of benzene rings is 2. The number of halogens is 3. The number of nitrogens with zero attached hydrogens (tertiary/aromatic N) is 2. The van der Waals surface area contributed by atoms with Crippen molar-refractivity contribution >= 4 is 35.3 Å². The normalized spacial score (nSPS) is 13.2. The lowest BCUT2D eigenvalue weighted by atomic mass is 10.0. The predicted octanol–water partition coefficient (Wildman–Crippen LogP) is 4.10. The molecular weight excluding hydrogens is 559 g/mol. The number of hydrogen-bond donors (Lipinski definition) is 3. The molecule has 0 spiro atoms. The minimum atomic E-state index is -5.08. The summed E-state index contributed by atoms with van der Waals surface area (Å²) in [7, 11) is 0. The van der Waals surface area contributed by atoms with Crippen molar-refractivity contribution in [3.05, 3.63) is 64.2 Å². The summed E-state index contributed by atoms with van der Waals surface area (Å²) in [6.07, 6.45) is -0.670. The third-order valence-corrected chi connectivity index (χ3v) is 6.47. The van der Waals surface area contributed by atoms with Crippen molar-refractivity contribution < 1.29 is 47.4 Å². The van der Waals surface area contributed by atoms with Gasteiger partial charge in [-0.3, -0.25) is 19.2 Å². The zero-order chi connectivity index (χ0) is 31.6. The number of alkyl halides is 3. The number of carboxylic acid groups (broad SMARTS) is 2. The second-order valence-electron chi connectivity index (χ2n) is 9.83. The monoisotopic (exact) mass is 593 g/mol. The van der Waals surface area contributed by atoms with Crippen molar-refractivity contribution in [1.29, 1.82) is 0 Å². The standard InChI is InChI=1S/C27H33N3O5.C2HF3O2/c1-18-8-10-21(19(2)15-18)27(35)30-23-11-9-20(7-5-3-4-6-13-28)16-22(23)26(34)29(17-24(30)31)14-12-25(32)33;3-2(4,5)1(6)7/h8-11,15-16H,3-7,12-14,17,28H2,1-2H3,(H,32,33);(H,6,7). The number of carboxylic acids is 2. The van der Waals surface area contributed by atoms with Gasteiger partial charge in [0.15, 0.2) is 0 Å². The Balaban J connectivity index is 0.000000782. The van der Waals surface area contributed by atoms with Gasteiger partial charge in [-0.2, -0.15) is 13.2 Å². The fourth-order valence-corrected chi connectivity index (χ4v) is 4.35. The van der Waals surface area contributed by atoms with E-state index in [4.69, 9.17) is 20.7 Å². The Hall–Kier alpha value is -4.26. The Morgan fingerprint density at radius 1 is 0.952 bits per heavy atom. The lowest BCUT2D eigenvalue weighted by molar-refractivity contribution is -0.192. The van der Waals surface area contributed by atoms with Crippen LogP contribution in [0, 0.1) is 13.8 Å². The summed E-state index contributed by atoms with van der Waals surface area (Å²) in [5.74, 6) is -5.34. The molecule has 0 bridgehead atoms. The van der Waals surface area contributed by atoms with Gasteiger partial charge in [-0.25, -0.2) is 9.69 Å². The molecule has 10 nitrogen and oxygen atoms in total. The van der Waals surface area contributed by atoms with Crippen molar-refractivity contribution in [2.75, 3.05) is 24.5 Å². The van der Waals surface area contributed by atoms with E-state index in [-0.39, 0.29) is 30.8 Å². The Morgan fingerprint density at radius 2 is 1.60 bits per heavy atom. The lowest BCUT2D eigenvalue weighted by Crippen LogP contribution is -2.43. The van der Waals surface area contributed by atoms with Crippen LogP contribution in [-0.2, 0) is 20.8 Å². The summed E-state index contributed by atoms with van der Waals surface area (Å²) in [5, 5.41) is 16.2. The molecule has 0 saturated heterocycles. The predicted molar refractivity (Wildman–Crippen MR) is 147 cm³/mol. The number of carbonyl (C=O) groups excluding carboxylic acids is 3. The topological polar surface area (TPSA) is 158 Å². The molecule has 0 fully saturated rings.